The number of carbonyl (C=O) groups is 2. The van der Waals surface area contributed by atoms with E-state index in [1.54, 1.807) is 37.3 Å². The summed E-state index contributed by atoms with van der Waals surface area (Å²) in [5.41, 5.74) is 6.97. The zero-order chi connectivity index (χ0) is 32.2. The number of hydrazone groups is 1. The minimum Gasteiger partial charge on any atom is -0.491 e. The van der Waals surface area contributed by atoms with E-state index in [9.17, 15) is 9.18 Å². The fourth-order valence-electron chi connectivity index (χ4n) is 4.64. The molecule has 2 heterocycles. The van der Waals surface area contributed by atoms with Gasteiger partial charge in [-0.2, -0.15) is 5.10 Å². The van der Waals surface area contributed by atoms with E-state index in [2.05, 4.69) is 32.4 Å². The molecule has 1 saturated carbocycles. The van der Waals surface area contributed by atoms with Crippen LogP contribution in [0.1, 0.15) is 54.7 Å². The molecule has 0 radical (unpaired) electrons. The summed E-state index contributed by atoms with van der Waals surface area (Å²) in [5.74, 6) is 0.513. The predicted molar refractivity (Wildman–Crippen MR) is 172 cm³/mol. The number of benzene rings is 1. The number of aromatic nitrogens is 2. The Kier molecular flexibility index (Phi) is 12.6. The Morgan fingerprint density at radius 2 is 1.98 bits per heavy atom. The van der Waals surface area contributed by atoms with Crippen molar-refractivity contribution >= 4 is 24.0 Å². The number of ether oxygens (including phenoxy) is 1. The van der Waals surface area contributed by atoms with Gasteiger partial charge in [0.25, 0.3) is 5.91 Å². The molecule has 2 aliphatic rings. The first-order chi connectivity index (χ1) is 21.1. The van der Waals surface area contributed by atoms with Gasteiger partial charge in [-0.3, -0.25) is 9.59 Å². The average molecular weight is 606 g/mol. The van der Waals surface area contributed by atoms with Crippen molar-refractivity contribution in [3.05, 3.63) is 88.7 Å². The van der Waals surface area contributed by atoms with Crippen LogP contribution in [0.2, 0.25) is 0 Å². The highest BCUT2D eigenvalue weighted by Crippen LogP contribution is 2.27. The Labute approximate surface area is 259 Å². The van der Waals surface area contributed by atoms with Crippen molar-refractivity contribution in [1.29, 1.82) is 0 Å². The second-order valence-corrected chi connectivity index (χ2v) is 10.9. The van der Waals surface area contributed by atoms with E-state index in [4.69, 9.17) is 9.53 Å². The Hall–Kier alpha value is -4.54. The second-order valence-electron chi connectivity index (χ2n) is 10.9. The maximum atomic E-state index is 14.9. The van der Waals surface area contributed by atoms with Gasteiger partial charge in [-0.15, -0.1) is 0 Å². The lowest BCUT2D eigenvalue weighted by atomic mass is 9.94. The fraction of sp³-hybridized carbons (Fsp3) is 0.424. The third-order valence-electron chi connectivity index (χ3n) is 7.49. The van der Waals surface area contributed by atoms with E-state index < -0.39 is 5.82 Å². The lowest BCUT2D eigenvalue weighted by molar-refractivity contribution is -0.109. The minimum absolute atomic E-state index is 0.0533. The molecule has 0 spiro atoms. The molecule has 1 aromatic heterocycles. The van der Waals surface area contributed by atoms with Gasteiger partial charge in [0, 0.05) is 58.1 Å². The van der Waals surface area contributed by atoms with E-state index in [1.165, 1.54) is 12.5 Å². The highest BCUT2D eigenvalue weighted by Gasteiger charge is 2.36. The first-order valence-corrected chi connectivity index (χ1v) is 14.8. The van der Waals surface area contributed by atoms with Gasteiger partial charge in [-0.25, -0.2) is 14.4 Å². The van der Waals surface area contributed by atoms with Gasteiger partial charge in [0.15, 0.2) is 0 Å². The van der Waals surface area contributed by atoms with Crippen molar-refractivity contribution in [3.8, 4) is 0 Å². The molecule has 4 rings (SSSR count). The largest absolute Gasteiger partial charge is 0.491 e. The fourth-order valence-corrected chi connectivity index (χ4v) is 4.64. The van der Waals surface area contributed by atoms with Gasteiger partial charge < -0.3 is 25.3 Å². The number of nitrogens with one attached hydrogen (secondary N) is 2. The van der Waals surface area contributed by atoms with Crippen LogP contribution in [-0.4, -0.2) is 79.3 Å². The molecule has 1 aliphatic heterocycles. The molecular formula is C33H44FN7O3. The lowest BCUT2D eigenvalue weighted by Crippen LogP contribution is -2.60. The summed E-state index contributed by atoms with van der Waals surface area (Å²) in [6, 6.07) is 6.58. The molecule has 2 aromatic rings. The van der Waals surface area contributed by atoms with E-state index in [0.717, 1.165) is 46.7 Å². The molecule has 1 aliphatic carbocycles. The molecule has 10 nitrogen and oxygen atoms in total. The topological polar surface area (TPSA) is 112 Å². The van der Waals surface area contributed by atoms with Crippen LogP contribution in [0.25, 0.3) is 0 Å². The van der Waals surface area contributed by atoms with E-state index in [1.807, 2.05) is 50.9 Å². The van der Waals surface area contributed by atoms with Crippen molar-refractivity contribution < 1.29 is 18.7 Å². The second kappa shape index (κ2) is 16.3. The van der Waals surface area contributed by atoms with Crippen LogP contribution in [0.4, 0.5) is 10.3 Å². The predicted octanol–water partition coefficient (Wildman–Crippen LogP) is 4.34. The number of allylic oxidation sites excluding steroid dienone is 4. The molecule has 1 aromatic carbocycles. The van der Waals surface area contributed by atoms with E-state index >= 15 is 0 Å². The highest BCUT2D eigenvalue weighted by molar-refractivity contribution is 6.05. The number of hydrogen-bond acceptors (Lipinski definition) is 8. The number of halogens is 1. The van der Waals surface area contributed by atoms with Gasteiger partial charge in [0.1, 0.15) is 11.6 Å². The van der Waals surface area contributed by atoms with Gasteiger partial charge in [0.05, 0.1) is 23.4 Å². The molecule has 0 atom stereocenters. The van der Waals surface area contributed by atoms with Crippen LogP contribution < -0.4 is 15.6 Å². The Bertz CT molecular complexity index is 1410. The normalized spacial score (nSPS) is 15.7. The van der Waals surface area contributed by atoms with Crippen molar-refractivity contribution in [3.63, 3.8) is 0 Å². The smallest absolute Gasteiger partial charge is 0.256 e. The molecule has 2 fully saturated rings. The maximum absolute atomic E-state index is 14.9. The Balaban J connectivity index is 0.00000124. The standard InChI is InChI=1S/C31H39FN6O2.C2H5NO/c1-7-24(40-25-9-8-10-25)17-26(20(2)3)29(36-33-5)16-22-11-12-28(32)27(15-22)30(39)38-18-23(19-38)37(6)31-34-14-13-21(4)35-31;1-3-2-4/h7,11-15,17,23,25,33H,2,8-10,16,18-19H2,1,3-6H3;2H,1H3,(H,3,4)/b24-7+,26-17+,36-29-;. The summed E-state index contributed by atoms with van der Waals surface area (Å²) < 4.78 is 21.0. The third-order valence-corrected chi connectivity index (χ3v) is 7.49. The average Bonchev–Trinajstić information content (AvgIpc) is 2.96. The summed E-state index contributed by atoms with van der Waals surface area (Å²) >= 11 is 0. The van der Waals surface area contributed by atoms with Crippen LogP contribution in [-0.2, 0) is 16.0 Å². The van der Waals surface area contributed by atoms with Gasteiger partial charge in [-0.05, 0) is 81.5 Å². The molecule has 11 heteroatoms. The van der Waals surface area contributed by atoms with Gasteiger partial charge in [0.2, 0.25) is 12.4 Å². The quantitative estimate of drug-likeness (QED) is 0.122. The van der Waals surface area contributed by atoms with Crippen LogP contribution in [0, 0.1) is 12.7 Å². The molecule has 2 amide bonds. The lowest BCUT2D eigenvalue weighted by Gasteiger charge is -2.44. The van der Waals surface area contributed by atoms with Gasteiger partial charge in [-0.1, -0.05) is 12.6 Å². The van der Waals surface area contributed by atoms with Crippen molar-refractivity contribution in [1.82, 2.24) is 25.6 Å². The van der Waals surface area contributed by atoms with Crippen molar-refractivity contribution in [2.45, 2.75) is 58.6 Å². The van der Waals surface area contributed by atoms with Crippen LogP contribution in [0.5, 0.6) is 0 Å². The summed E-state index contributed by atoms with van der Waals surface area (Å²) in [4.78, 5) is 34.7. The molecule has 0 bridgehead atoms. The first kappa shape index (κ1) is 34.0. The maximum Gasteiger partial charge on any atom is 0.256 e. The number of hydrogen-bond donors (Lipinski definition) is 2. The van der Waals surface area contributed by atoms with Crippen LogP contribution >= 0.6 is 0 Å². The number of nitrogens with zero attached hydrogens (tertiary/aromatic N) is 5. The third kappa shape index (κ3) is 8.98. The number of anilines is 1. The molecule has 236 valence electrons. The minimum atomic E-state index is -0.541. The van der Waals surface area contributed by atoms with Crippen molar-refractivity contribution in [2.75, 3.05) is 39.1 Å². The zero-order valence-corrected chi connectivity index (χ0v) is 26.6. The monoisotopic (exact) mass is 605 g/mol. The molecule has 1 saturated heterocycles. The molecule has 0 unspecified atom stereocenters. The molecule has 2 N–H and O–H groups in total. The number of likely N-dealkylation sites (tertiary alicyclic amines) is 1. The zero-order valence-electron chi connectivity index (χ0n) is 26.6. The van der Waals surface area contributed by atoms with Crippen LogP contribution in [0.3, 0.4) is 0 Å². The summed E-state index contributed by atoms with van der Waals surface area (Å²) in [5, 5.41) is 6.76. The Morgan fingerprint density at radius 1 is 1.27 bits per heavy atom. The van der Waals surface area contributed by atoms with Crippen molar-refractivity contribution in [2.24, 2.45) is 5.10 Å². The van der Waals surface area contributed by atoms with Crippen LogP contribution in [0.15, 0.2) is 71.2 Å². The molecule has 44 heavy (non-hydrogen) atoms. The summed E-state index contributed by atoms with van der Waals surface area (Å²) in [6.07, 6.45) is 10.2. The molecular weight excluding hydrogens is 561 g/mol. The Morgan fingerprint density at radius 3 is 2.52 bits per heavy atom. The number of rotatable bonds is 12. The SMILES string of the molecule is C=C(C)C(=C\C(=C/C)OC1CCC1)/C(Cc1ccc(F)c(C(=O)N2CC(N(C)c3nccc(C)n3)C2)c1)=N\NC.CNC=O. The number of likely N-dealkylation sites (N-methyl/N-ethyl adjacent to an activating group) is 1. The van der Waals surface area contributed by atoms with E-state index in [0.29, 0.717) is 31.9 Å². The van der Waals surface area contributed by atoms with Gasteiger partial charge >= 0.3 is 0 Å². The summed E-state index contributed by atoms with van der Waals surface area (Å²) in [6.45, 7) is 10.9. The number of carbonyl (C=O) groups excluding carboxylic acids is 2. The summed E-state index contributed by atoms with van der Waals surface area (Å²) in [7, 11) is 5.21. The number of aryl methyl sites for hydroxylation is 1. The number of amides is 2. The van der Waals surface area contributed by atoms with E-state index in [-0.39, 0.29) is 23.6 Å². The first-order valence-electron chi connectivity index (χ1n) is 14.8. The highest BCUT2D eigenvalue weighted by atomic mass is 19.1.